The van der Waals surface area contributed by atoms with Gasteiger partial charge in [0.2, 0.25) is 0 Å². The van der Waals surface area contributed by atoms with Gasteiger partial charge in [-0.25, -0.2) is 4.39 Å². The Bertz CT molecular complexity index is 456. The maximum absolute atomic E-state index is 13.4. The summed E-state index contributed by atoms with van der Waals surface area (Å²) in [5, 5.41) is 8.95. The molecule has 3 nitrogen and oxygen atoms in total. The number of nitrogens with zero attached hydrogens (tertiary/aromatic N) is 1. The van der Waals surface area contributed by atoms with Crippen LogP contribution in [0.4, 0.5) is 4.39 Å². The summed E-state index contributed by atoms with van der Waals surface area (Å²) in [6.45, 7) is 0. The minimum Gasteiger partial charge on any atom is -0.487 e. The Kier molecular flexibility index (Phi) is 4.16. The highest BCUT2D eigenvalue weighted by Gasteiger charge is 2.23. The van der Waals surface area contributed by atoms with E-state index in [9.17, 15) is 4.39 Å². The van der Waals surface area contributed by atoms with Crippen LogP contribution in [0.25, 0.3) is 0 Å². The van der Waals surface area contributed by atoms with E-state index >= 15 is 0 Å². The number of hydrogen-bond acceptors (Lipinski definition) is 3. The first kappa shape index (κ1) is 12.8. The minimum absolute atomic E-state index is 0.0334. The first-order valence-electron chi connectivity index (χ1n) is 6.33. The van der Waals surface area contributed by atoms with E-state index < -0.39 is 5.82 Å². The summed E-state index contributed by atoms with van der Waals surface area (Å²) in [5.74, 6) is -0.239. The summed E-state index contributed by atoms with van der Waals surface area (Å²) in [4.78, 5) is 0. The van der Waals surface area contributed by atoms with Crippen LogP contribution in [0.5, 0.6) is 5.75 Å². The molecule has 1 fully saturated rings. The molecule has 0 saturated heterocycles. The molecule has 2 rings (SSSR count). The lowest BCUT2D eigenvalue weighted by Gasteiger charge is -2.23. The largest absolute Gasteiger partial charge is 0.487 e. The Morgan fingerprint density at radius 2 is 2.06 bits per heavy atom. The van der Waals surface area contributed by atoms with Crippen LogP contribution in [0.3, 0.4) is 0 Å². The zero-order valence-electron chi connectivity index (χ0n) is 10.2. The van der Waals surface area contributed by atoms with Crippen LogP contribution in [0.15, 0.2) is 18.2 Å². The quantitative estimate of drug-likeness (QED) is 0.819. The van der Waals surface area contributed by atoms with Gasteiger partial charge in [-0.05, 0) is 31.4 Å². The number of rotatable bonds is 2. The fourth-order valence-corrected chi connectivity index (χ4v) is 2.32. The van der Waals surface area contributed by atoms with Gasteiger partial charge in [-0.1, -0.05) is 18.9 Å². The Labute approximate surface area is 106 Å². The SMILES string of the molecule is N#Cc1c(F)cccc1OC1CCCCCC1N. The smallest absolute Gasteiger partial charge is 0.144 e. The molecule has 0 amide bonds. The van der Waals surface area contributed by atoms with E-state index in [1.807, 2.05) is 6.07 Å². The summed E-state index contributed by atoms with van der Waals surface area (Å²) < 4.78 is 19.2. The van der Waals surface area contributed by atoms with Crippen molar-refractivity contribution in [3.05, 3.63) is 29.6 Å². The van der Waals surface area contributed by atoms with Crippen molar-refractivity contribution in [1.82, 2.24) is 0 Å². The third-order valence-electron chi connectivity index (χ3n) is 3.37. The summed E-state index contributed by atoms with van der Waals surface area (Å²) in [6, 6.07) is 6.24. The van der Waals surface area contributed by atoms with E-state index in [4.69, 9.17) is 15.7 Å². The molecule has 2 N–H and O–H groups in total. The lowest BCUT2D eigenvalue weighted by atomic mass is 10.1. The molecule has 0 heterocycles. The van der Waals surface area contributed by atoms with E-state index in [0.29, 0.717) is 5.75 Å². The molecule has 18 heavy (non-hydrogen) atoms. The van der Waals surface area contributed by atoms with Gasteiger partial charge in [0.25, 0.3) is 0 Å². The Morgan fingerprint density at radius 1 is 1.28 bits per heavy atom. The van der Waals surface area contributed by atoms with Gasteiger partial charge in [-0.3, -0.25) is 0 Å². The molecule has 1 saturated carbocycles. The molecule has 0 spiro atoms. The van der Waals surface area contributed by atoms with Crippen LogP contribution < -0.4 is 10.5 Å². The second-order valence-electron chi connectivity index (χ2n) is 4.68. The van der Waals surface area contributed by atoms with Crippen molar-refractivity contribution < 1.29 is 9.13 Å². The number of ether oxygens (including phenoxy) is 1. The van der Waals surface area contributed by atoms with Crippen LogP contribution in [0.2, 0.25) is 0 Å². The Hall–Kier alpha value is -1.60. The third kappa shape index (κ3) is 2.80. The van der Waals surface area contributed by atoms with Crippen LogP contribution in [-0.2, 0) is 0 Å². The van der Waals surface area contributed by atoms with E-state index in [0.717, 1.165) is 32.1 Å². The van der Waals surface area contributed by atoms with Crippen molar-refractivity contribution in [2.24, 2.45) is 5.73 Å². The molecule has 2 atom stereocenters. The van der Waals surface area contributed by atoms with Crippen LogP contribution in [0, 0.1) is 17.1 Å². The van der Waals surface area contributed by atoms with Crippen molar-refractivity contribution in [2.45, 2.75) is 44.2 Å². The van der Waals surface area contributed by atoms with Crippen LogP contribution in [-0.4, -0.2) is 12.1 Å². The van der Waals surface area contributed by atoms with Gasteiger partial charge >= 0.3 is 0 Å². The average Bonchev–Trinajstić information content (AvgIpc) is 2.55. The zero-order valence-corrected chi connectivity index (χ0v) is 10.2. The molecule has 4 heteroatoms. The van der Waals surface area contributed by atoms with Gasteiger partial charge in [-0.15, -0.1) is 0 Å². The second kappa shape index (κ2) is 5.83. The number of nitrogens with two attached hydrogens (primary N) is 1. The summed E-state index contributed by atoms with van der Waals surface area (Å²) in [5.41, 5.74) is 6.02. The first-order valence-corrected chi connectivity index (χ1v) is 6.33. The number of nitriles is 1. The predicted molar refractivity (Wildman–Crippen MR) is 66.6 cm³/mol. The number of halogens is 1. The summed E-state index contributed by atoms with van der Waals surface area (Å²) in [6.07, 6.45) is 4.98. The molecule has 1 aliphatic carbocycles. The highest BCUT2D eigenvalue weighted by Crippen LogP contribution is 2.26. The lowest BCUT2D eigenvalue weighted by Crippen LogP contribution is -2.38. The maximum Gasteiger partial charge on any atom is 0.144 e. The van der Waals surface area contributed by atoms with Gasteiger partial charge in [0.1, 0.15) is 29.3 Å². The summed E-state index contributed by atoms with van der Waals surface area (Å²) in [7, 11) is 0. The topological polar surface area (TPSA) is 59.0 Å². The summed E-state index contributed by atoms with van der Waals surface area (Å²) >= 11 is 0. The van der Waals surface area contributed by atoms with Gasteiger partial charge in [0.05, 0.1) is 0 Å². The molecule has 0 aromatic heterocycles. The maximum atomic E-state index is 13.4. The van der Waals surface area contributed by atoms with Crippen molar-refractivity contribution in [3.63, 3.8) is 0 Å². The fourth-order valence-electron chi connectivity index (χ4n) is 2.32. The molecule has 1 aliphatic rings. The molecule has 1 aromatic rings. The van der Waals surface area contributed by atoms with Gasteiger partial charge in [0, 0.05) is 6.04 Å². The first-order chi connectivity index (χ1) is 8.72. The zero-order chi connectivity index (χ0) is 13.0. The van der Waals surface area contributed by atoms with E-state index in [2.05, 4.69) is 0 Å². The van der Waals surface area contributed by atoms with Crippen molar-refractivity contribution in [1.29, 1.82) is 5.26 Å². The van der Waals surface area contributed by atoms with E-state index in [1.54, 1.807) is 12.1 Å². The molecular formula is C14H17FN2O. The van der Waals surface area contributed by atoms with Gasteiger partial charge in [-0.2, -0.15) is 5.26 Å². The van der Waals surface area contributed by atoms with Gasteiger partial charge < -0.3 is 10.5 Å². The third-order valence-corrected chi connectivity index (χ3v) is 3.37. The normalized spacial score (nSPS) is 24.1. The molecule has 2 unspecified atom stereocenters. The van der Waals surface area contributed by atoms with Crippen molar-refractivity contribution >= 4 is 0 Å². The molecular weight excluding hydrogens is 231 g/mol. The molecule has 0 aliphatic heterocycles. The standard InChI is InChI=1S/C14H17FN2O/c15-11-5-4-8-13(10(11)9-16)18-14-7-3-1-2-6-12(14)17/h4-5,8,12,14H,1-3,6-7,17H2. The average molecular weight is 248 g/mol. The fraction of sp³-hybridized carbons (Fsp3) is 0.500. The second-order valence-corrected chi connectivity index (χ2v) is 4.68. The predicted octanol–water partition coefficient (Wildman–Crippen LogP) is 2.74. The monoisotopic (exact) mass is 248 g/mol. The number of benzene rings is 1. The number of hydrogen-bond donors (Lipinski definition) is 1. The molecule has 96 valence electrons. The Balaban J connectivity index is 2.18. The highest BCUT2D eigenvalue weighted by atomic mass is 19.1. The van der Waals surface area contributed by atoms with Crippen LogP contribution in [0.1, 0.15) is 37.7 Å². The Morgan fingerprint density at radius 3 is 2.83 bits per heavy atom. The van der Waals surface area contributed by atoms with E-state index in [1.165, 1.54) is 6.07 Å². The molecule has 0 bridgehead atoms. The van der Waals surface area contributed by atoms with Crippen molar-refractivity contribution in [3.8, 4) is 11.8 Å². The van der Waals surface area contributed by atoms with E-state index in [-0.39, 0.29) is 17.7 Å². The molecule has 0 radical (unpaired) electrons. The highest BCUT2D eigenvalue weighted by molar-refractivity contribution is 5.43. The van der Waals surface area contributed by atoms with Gasteiger partial charge in [0.15, 0.2) is 0 Å². The molecule has 1 aromatic carbocycles. The minimum atomic E-state index is -0.544. The lowest BCUT2D eigenvalue weighted by molar-refractivity contribution is 0.161. The van der Waals surface area contributed by atoms with Crippen LogP contribution >= 0.6 is 0 Å². The van der Waals surface area contributed by atoms with Crippen molar-refractivity contribution in [2.75, 3.05) is 0 Å².